The van der Waals surface area contributed by atoms with Gasteiger partial charge in [-0.25, -0.2) is 4.39 Å². The molecule has 2 aromatic rings. The topological polar surface area (TPSA) is 24.9 Å². The molecule has 2 rings (SSSR count). The van der Waals surface area contributed by atoms with Gasteiger partial charge in [-0.3, -0.25) is 4.98 Å². The average molecular weight is 429 g/mol. The number of anilines is 1. The van der Waals surface area contributed by atoms with Gasteiger partial charge in [0, 0.05) is 15.1 Å². The highest BCUT2D eigenvalue weighted by atomic mass is 79.9. The number of rotatable bonds is 3. The third kappa shape index (κ3) is 3.81. The molecule has 0 atom stereocenters. The highest BCUT2D eigenvalue weighted by molar-refractivity contribution is 9.11. The van der Waals surface area contributed by atoms with Crippen molar-refractivity contribution in [1.29, 1.82) is 0 Å². The number of halogens is 5. The molecule has 0 amide bonds. The fourth-order valence-electron chi connectivity index (χ4n) is 1.46. The van der Waals surface area contributed by atoms with Gasteiger partial charge >= 0.3 is 0 Å². The predicted octanol–water partition coefficient (Wildman–Crippen LogP) is 5.66. The van der Waals surface area contributed by atoms with Crippen LogP contribution in [0.2, 0.25) is 10.0 Å². The summed E-state index contributed by atoms with van der Waals surface area (Å²) in [6.07, 6.45) is 1.69. The van der Waals surface area contributed by atoms with Gasteiger partial charge in [0.1, 0.15) is 5.82 Å². The van der Waals surface area contributed by atoms with Crippen molar-refractivity contribution in [2.24, 2.45) is 0 Å². The summed E-state index contributed by atoms with van der Waals surface area (Å²) in [5, 5.41) is 3.52. The summed E-state index contributed by atoms with van der Waals surface area (Å²) in [5.74, 6) is -0.469. The zero-order valence-corrected chi connectivity index (χ0v) is 14.0. The van der Waals surface area contributed by atoms with Crippen molar-refractivity contribution in [3.05, 3.63) is 54.9 Å². The van der Waals surface area contributed by atoms with Crippen molar-refractivity contribution in [2.45, 2.75) is 6.54 Å². The van der Waals surface area contributed by atoms with Gasteiger partial charge in [0.05, 0.1) is 28.0 Å². The van der Waals surface area contributed by atoms with Gasteiger partial charge in [-0.05, 0) is 50.1 Å². The molecular formula is C12H7Br2Cl2FN2. The number of benzene rings is 1. The van der Waals surface area contributed by atoms with Crippen molar-refractivity contribution < 1.29 is 4.39 Å². The van der Waals surface area contributed by atoms with E-state index in [1.54, 1.807) is 6.20 Å². The molecule has 19 heavy (non-hydrogen) atoms. The van der Waals surface area contributed by atoms with Gasteiger partial charge in [0.15, 0.2) is 0 Å². The van der Waals surface area contributed by atoms with E-state index in [0.717, 1.165) is 14.6 Å². The number of hydrogen-bond donors (Lipinski definition) is 1. The Labute approximate surface area is 136 Å². The molecule has 0 saturated heterocycles. The zero-order valence-electron chi connectivity index (χ0n) is 9.35. The van der Waals surface area contributed by atoms with Crippen molar-refractivity contribution in [3.63, 3.8) is 0 Å². The van der Waals surface area contributed by atoms with E-state index < -0.39 is 5.82 Å². The molecule has 0 spiro atoms. The lowest BCUT2D eigenvalue weighted by molar-refractivity contribution is 0.628. The van der Waals surface area contributed by atoms with Crippen LogP contribution in [0.5, 0.6) is 0 Å². The Bertz CT molecular complexity index is 600. The Morgan fingerprint density at radius 2 is 1.79 bits per heavy atom. The summed E-state index contributed by atoms with van der Waals surface area (Å²) < 4.78 is 14.8. The average Bonchev–Trinajstić information content (AvgIpc) is 2.30. The van der Waals surface area contributed by atoms with E-state index in [4.69, 9.17) is 23.2 Å². The largest absolute Gasteiger partial charge is 0.377 e. The van der Waals surface area contributed by atoms with Gasteiger partial charge in [-0.1, -0.05) is 23.2 Å². The number of aromatic nitrogens is 1. The Morgan fingerprint density at radius 1 is 1.16 bits per heavy atom. The van der Waals surface area contributed by atoms with Gasteiger partial charge < -0.3 is 5.32 Å². The summed E-state index contributed by atoms with van der Waals surface area (Å²) in [6.45, 7) is 0.416. The quantitative estimate of drug-likeness (QED) is 0.681. The summed E-state index contributed by atoms with van der Waals surface area (Å²) in [5.41, 5.74) is 1.28. The van der Waals surface area contributed by atoms with Crippen LogP contribution in [-0.4, -0.2) is 4.98 Å². The van der Waals surface area contributed by atoms with E-state index in [1.807, 2.05) is 6.07 Å². The monoisotopic (exact) mass is 426 g/mol. The molecule has 2 nitrogen and oxygen atoms in total. The zero-order chi connectivity index (χ0) is 14.0. The maximum absolute atomic E-state index is 13.1. The molecule has 1 aromatic carbocycles. The molecular weight excluding hydrogens is 422 g/mol. The second-order valence-electron chi connectivity index (χ2n) is 3.68. The van der Waals surface area contributed by atoms with Crippen LogP contribution in [0.1, 0.15) is 5.69 Å². The number of pyridine rings is 1. The molecule has 0 bridgehead atoms. The van der Waals surface area contributed by atoms with Crippen LogP contribution in [0.3, 0.4) is 0 Å². The minimum absolute atomic E-state index is 0.234. The van der Waals surface area contributed by atoms with E-state index in [9.17, 15) is 4.39 Å². The molecule has 1 N–H and O–H groups in total. The van der Waals surface area contributed by atoms with Crippen LogP contribution < -0.4 is 5.32 Å². The van der Waals surface area contributed by atoms with Crippen LogP contribution >= 0.6 is 55.1 Å². The molecule has 0 radical (unpaired) electrons. The summed E-state index contributed by atoms with van der Waals surface area (Å²) in [6, 6.07) is 4.30. The van der Waals surface area contributed by atoms with Crippen molar-refractivity contribution in [3.8, 4) is 0 Å². The maximum atomic E-state index is 13.1. The standard InChI is InChI=1S/C12H7Br2Cl2FN2/c13-6-1-8(14)11(18-4-6)5-19-12-9(15)2-7(17)3-10(12)16/h1-4,19H,5H2. The fourth-order valence-corrected chi connectivity index (χ4v) is 3.18. The van der Waals surface area contributed by atoms with Crippen molar-refractivity contribution in [2.75, 3.05) is 5.32 Å². The first kappa shape index (κ1) is 15.0. The molecule has 0 aliphatic heterocycles. The molecule has 0 aliphatic rings. The molecule has 7 heteroatoms. The van der Waals surface area contributed by atoms with Gasteiger partial charge in [-0.2, -0.15) is 0 Å². The lowest BCUT2D eigenvalue weighted by Gasteiger charge is -2.11. The third-order valence-corrected chi connectivity index (χ3v) is 4.04. The molecule has 0 unspecified atom stereocenters. The van der Waals surface area contributed by atoms with Crippen LogP contribution in [-0.2, 0) is 6.54 Å². The molecule has 0 saturated carbocycles. The first-order valence-corrected chi connectivity index (χ1v) is 7.50. The first-order valence-electron chi connectivity index (χ1n) is 5.15. The van der Waals surface area contributed by atoms with Crippen LogP contribution in [0.25, 0.3) is 0 Å². The summed E-state index contributed by atoms with van der Waals surface area (Å²) in [4.78, 5) is 4.25. The van der Waals surface area contributed by atoms with Crippen LogP contribution in [0.15, 0.2) is 33.3 Å². The Hall–Kier alpha value is -0.360. The maximum Gasteiger partial charge on any atom is 0.126 e. The summed E-state index contributed by atoms with van der Waals surface area (Å²) >= 11 is 18.6. The lowest BCUT2D eigenvalue weighted by Crippen LogP contribution is -2.03. The Balaban J connectivity index is 2.19. The second kappa shape index (κ2) is 6.39. The highest BCUT2D eigenvalue weighted by Crippen LogP contribution is 2.32. The van der Waals surface area contributed by atoms with Gasteiger partial charge in [-0.15, -0.1) is 0 Å². The van der Waals surface area contributed by atoms with Gasteiger partial charge in [0.25, 0.3) is 0 Å². The van der Waals surface area contributed by atoms with Crippen LogP contribution in [0, 0.1) is 5.82 Å². The normalized spacial score (nSPS) is 10.6. The SMILES string of the molecule is Fc1cc(Cl)c(NCc2ncc(Br)cc2Br)c(Cl)c1. The second-order valence-corrected chi connectivity index (χ2v) is 6.26. The third-order valence-electron chi connectivity index (χ3n) is 2.32. The summed E-state index contributed by atoms with van der Waals surface area (Å²) in [7, 11) is 0. The number of nitrogens with one attached hydrogen (secondary N) is 1. The minimum atomic E-state index is -0.469. The molecule has 1 heterocycles. The Kier molecular flexibility index (Phi) is 5.06. The van der Waals surface area contributed by atoms with E-state index in [-0.39, 0.29) is 10.0 Å². The predicted molar refractivity (Wildman–Crippen MR) is 83.4 cm³/mol. The highest BCUT2D eigenvalue weighted by Gasteiger charge is 2.09. The van der Waals surface area contributed by atoms with Gasteiger partial charge in [0.2, 0.25) is 0 Å². The number of nitrogens with zero attached hydrogens (tertiary/aromatic N) is 1. The minimum Gasteiger partial charge on any atom is -0.377 e. The van der Waals surface area contributed by atoms with Crippen LogP contribution in [0.4, 0.5) is 10.1 Å². The van der Waals surface area contributed by atoms with E-state index in [1.165, 1.54) is 12.1 Å². The Morgan fingerprint density at radius 3 is 2.37 bits per heavy atom. The fraction of sp³-hybridized carbons (Fsp3) is 0.0833. The molecule has 0 fully saturated rings. The van der Waals surface area contributed by atoms with Crippen molar-refractivity contribution >= 4 is 60.7 Å². The van der Waals surface area contributed by atoms with E-state index >= 15 is 0 Å². The molecule has 1 aromatic heterocycles. The lowest BCUT2D eigenvalue weighted by atomic mass is 10.3. The number of hydrogen-bond acceptors (Lipinski definition) is 2. The molecule has 100 valence electrons. The molecule has 0 aliphatic carbocycles. The van der Waals surface area contributed by atoms with E-state index in [2.05, 4.69) is 42.2 Å². The van der Waals surface area contributed by atoms with Crippen molar-refractivity contribution in [1.82, 2.24) is 4.98 Å². The van der Waals surface area contributed by atoms with E-state index in [0.29, 0.717) is 12.2 Å². The first-order chi connectivity index (χ1) is 8.97. The smallest absolute Gasteiger partial charge is 0.126 e.